The molecule has 0 aromatic rings. The van der Waals surface area contributed by atoms with Gasteiger partial charge in [-0.25, -0.2) is 4.79 Å². The van der Waals surface area contributed by atoms with Gasteiger partial charge >= 0.3 is 18.1 Å². The van der Waals surface area contributed by atoms with Gasteiger partial charge in [0.05, 0.1) is 7.11 Å². The summed E-state index contributed by atoms with van der Waals surface area (Å²) in [6, 6.07) is 0.462. The first kappa shape index (κ1) is 16.7. The molecule has 5 nitrogen and oxygen atoms in total. The number of halogens is 3. The number of esters is 1. The van der Waals surface area contributed by atoms with Gasteiger partial charge in [-0.2, -0.15) is 13.2 Å². The zero-order valence-corrected chi connectivity index (χ0v) is 10.1. The van der Waals surface area contributed by atoms with E-state index in [-0.39, 0.29) is 12.0 Å². The molecule has 1 aliphatic rings. The third-order valence-corrected chi connectivity index (χ3v) is 2.46. The van der Waals surface area contributed by atoms with Gasteiger partial charge in [0.15, 0.2) is 0 Å². The molecule has 8 heteroatoms. The molecule has 0 aromatic heterocycles. The molecule has 1 saturated heterocycles. The number of rotatable bonds is 2. The highest BCUT2D eigenvalue weighted by atomic mass is 19.4. The minimum atomic E-state index is -5.08. The molecule has 0 radical (unpaired) electrons. The van der Waals surface area contributed by atoms with E-state index in [1.54, 1.807) is 0 Å². The standard InChI is InChI=1S/C8H15NO2.C2HF3O2/c1-3-6-4-5-7(9-6)8(10)11-2;3-2(4,5)1(6)7/h6-7,9H,3-5H2,1-2H3;(H,6,7)/t6-,7-;/m0./s1. The molecule has 1 fully saturated rings. The monoisotopic (exact) mass is 271 g/mol. The van der Waals surface area contributed by atoms with E-state index in [0.29, 0.717) is 6.04 Å². The van der Waals surface area contributed by atoms with E-state index < -0.39 is 12.1 Å². The summed E-state index contributed by atoms with van der Waals surface area (Å²) in [5, 5.41) is 10.3. The predicted molar refractivity (Wildman–Crippen MR) is 55.9 cm³/mol. The Labute approximate surface area is 102 Å². The zero-order valence-electron chi connectivity index (χ0n) is 10.1. The molecule has 18 heavy (non-hydrogen) atoms. The lowest BCUT2D eigenvalue weighted by Gasteiger charge is -2.09. The van der Waals surface area contributed by atoms with Crippen molar-refractivity contribution in [2.24, 2.45) is 0 Å². The van der Waals surface area contributed by atoms with Crippen LogP contribution < -0.4 is 5.32 Å². The van der Waals surface area contributed by atoms with Gasteiger partial charge in [0.2, 0.25) is 0 Å². The third kappa shape index (κ3) is 5.85. The zero-order chi connectivity index (χ0) is 14.3. The summed E-state index contributed by atoms with van der Waals surface area (Å²) in [6.07, 6.45) is -1.98. The normalized spacial score (nSPS) is 22.9. The van der Waals surface area contributed by atoms with Gasteiger partial charge in [0.1, 0.15) is 6.04 Å². The summed E-state index contributed by atoms with van der Waals surface area (Å²) < 4.78 is 36.4. The van der Waals surface area contributed by atoms with E-state index >= 15 is 0 Å². The van der Waals surface area contributed by atoms with Gasteiger partial charge in [-0.1, -0.05) is 6.92 Å². The van der Waals surface area contributed by atoms with Crippen LogP contribution in [-0.2, 0) is 14.3 Å². The van der Waals surface area contributed by atoms with Gasteiger partial charge < -0.3 is 15.2 Å². The molecule has 0 spiro atoms. The van der Waals surface area contributed by atoms with Crippen LogP contribution in [0.25, 0.3) is 0 Å². The lowest BCUT2D eigenvalue weighted by atomic mass is 10.1. The Kier molecular flexibility index (Phi) is 6.67. The molecule has 0 unspecified atom stereocenters. The van der Waals surface area contributed by atoms with Crippen molar-refractivity contribution in [1.82, 2.24) is 5.32 Å². The number of nitrogens with one attached hydrogen (secondary N) is 1. The average Bonchev–Trinajstić information content (AvgIpc) is 2.76. The Morgan fingerprint density at radius 3 is 2.17 bits per heavy atom. The van der Waals surface area contributed by atoms with Crippen molar-refractivity contribution in [1.29, 1.82) is 0 Å². The molecule has 0 amide bonds. The minimum absolute atomic E-state index is 0.0510. The van der Waals surface area contributed by atoms with E-state index in [0.717, 1.165) is 19.3 Å². The molecule has 2 atom stereocenters. The van der Waals surface area contributed by atoms with Gasteiger partial charge in [0.25, 0.3) is 0 Å². The van der Waals surface area contributed by atoms with Crippen LogP contribution >= 0.6 is 0 Å². The largest absolute Gasteiger partial charge is 0.490 e. The van der Waals surface area contributed by atoms with Crippen molar-refractivity contribution in [3.05, 3.63) is 0 Å². The summed E-state index contributed by atoms with van der Waals surface area (Å²) in [5.74, 6) is -2.88. The second-order valence-corrected chi connectivity index (χ2v) is 3.73. The average molecular weight is 271 g/mol. The van der Waals surface area contributed by atoms with Crippen LogP contribution in [0.1, 0.15) is 26.2 Å². The summed E-state index contributed by atoms with van der Waals surface area (Å²) in [5.41, 5.74) is 0. The molecule has 1 aliphatic heterocycles. The lowest BCUT2D eigenvalue weighted by Crippen LogP contribution is -2.35. The number of carboxylic acid groups (broad SMARTS) is 1. The van der Waals surface area contributed by atoms with Crippen LogP contribution in [-0.4, -0.2) is 42.4 Å². The summed E-state index contributed by atoms with van der Waals surface area (Å²) in [7, 11) is 1.43. The van der Waals surface area contributed by atoms with Crippen LogP contribution in [0.15, 0.2) is 0 Å². The van der Waals surface area contributed by atoms with E-state index in [9.17, 15) is 18.0 Å². The molecule has 0 aromatic carbocycles. The highest BCUT2D eigenvalue weighted by Gasteiger charge is 2.38. The van der Waals surface area contributed by atoms with Crippen LogP contribution in [0.5, 0.6) is 0 Å². The second-order valence-electron chi connectivity index (χ2n) is 3.73. The molecule has 106 valence electrons. The fourth-order valence-corrected chi connectivity index (χ4v) is 1.47. The molecule has 0 saturated carbocycles. The molecule has 2 N–H and O–H groups in total. The first-order chi connectivity index (χ1) is 8.22. The van der Waals surface area contributed by atoms with Gasteiger partial charge in [-0.05, 0) is 19.3 Å². The van der Waals surface area contributed by atoms with Crippen LogP contribution in [0.4, 0.5) is 13.2 Å². The van der Waals surface area contributed by atoms with E-state index in [2.05, 4.69) is 17.0 Å². The number of carbonyl (C=O) groups excluding carboxylic acids is 1. The summed E-state index contributed by atoms with van der Waals surface area (Å²) >= 11 is 0. The first-order valence-corrected chi connectivity index (χ1v) is 5.36. The number of ether oxygens (including phenoxy) is 1. The van der Waals surface area contributed by atoms with Crippen molar-refractivity contribution < 1.29 is 32.6 Å². The van der Waals surface area contributed by atoms with Crippen molar-refractivity contribution in [2.45, 2.75) is 44.4 Å². The summed E-state index contributed by atoms with van der Waals surface area (Å²) in [6.45, 7) is 2.12. The molecule has 0 bridgehead atoms. The van der Waals surface area contributed by atoms with Crippen molar-refractivity contribution in [3.63, 3.8) is 0 Å². The third-order valence-electron chi connectivity index (χ3n) is 2.46. The summed E-state index contributed by atoms with van der Waals surface area (Å²) in [4.78, 5) is 19.9. The maximum Gasteiger partial charge on any atom is 0.490 e. The smallest absolute Gasteiger partial charge is 0.475 e. The lowest BCUT2D eigenvalue weighted by molar-refractivity contribution is -0.192. The number of carboxylic acids is 1. The Hall–Kier alpha value is -1.31. The van der Waals surface area contributed by atoms with E-state index in [1.165, 1.54) is 7.11 Å². The molecule has 1 rings (SSSR count). The Balaban J connectivity index is 0.000000360. The Bertz CT molecular complexity index is 293. The number of carbonyl (C=O) groups is 2. The van der Waals surface area contributed by atoms with Crippen molar-refractivity contribution >= 4 is 11.9 Å². The molecular formula is C10H16F3NO4. The molecular weight excluding hydrogens is 255 g/mol. The second kappa shape index (κ2) is 7.20. The maximum absolute atomic E-state index is 11.0. The van der Waals surface area contributed by atoms with Crippen LogP contribution in [0, 0.1) is 0 Å². The van der Waals surface area contributed by atoms with Crippen LogP contribution in [0.3, 0.4) is 0 Å². The highest BCUT2D eigenvalue weighted by molar-refractivity contribution is 5.76. The number of aliphatic carboxylic acids is 1. The topological polar surface area (TPSA) is 75.6 Å². The quantitative estimate of drug-likeness (QED) is 0.741. The number of hydrogen-bond acceptors (Lipinski definition) is 4. The van der Waals surface area contributed by atoms with Crippen molar-refractivity contribution in [3.8, 4) is 0 Å². The minimum Gasteiger partial charge on any atom is -0.475 e. The maximum atomic E-state index is 11.0. The molecule has 0 aliphatic carbocycles. The van der Waals surface area contributed by atoms with E-state index in [1.807, 2.05) is 0 Å². The van der Waals surface area contributed by atoms with Gasteiger partial charge in [-0.15, -0.1) is 0 Å². The van der Waals surface area contributed by atoms with Gasteiger partial charge in [0, 0.05) is 6.04 Å². The van der Waals surface area contributed by atoms with Gasteiger partial charge in [-0.3, -0.25) is 4.79 Å². The van der Waals surface area contributed by atoms with E-state index in [4.69, 9.17) is 9.90 Å². The Morgan fingerprint density at radius 1 is 1.39 bits per heavy atom. The first-order valence-electron chi connectivity index (χ1n) is 5.36. The number of methoxy groups -OCH3 is 1. The fourth-order valence-electron chi connectivity index (χ4n) is 1.47. The molecule has 1 heterocycles. The Morgan fingerprint density at radius 2 is 1.89 bits per heavy atom. The fraction of sp³-hybridized carbons (Fsp3) is 0.800. The highest BCUT2D eigenvalue weighted by Crippen LogP contribution is 2.15. The van der Waals surface area contributed by atoms with Crippen LogP contribution in [0.2, 0.25) is 0 Å². The predicted octanol–water partition coefficient (Wildman–Crippen LogP) is 1.32. The number of hydrogen-bond donors (Lipinski definition) is 2. The SMILES string of the molecule is CC[C@H]1CC[C@@H](C(=O)OC)N1.O=C(O)C(F)(F)F. The number of alkyl halides is 3. The van der Waals surface area contributed by atoms with Crippen molar-refractivity contribution in [2.75, 3.05) is 7.11 Å².